The molecule has 120 valence electrons. The van der Waals surface area contributed by atoms with Gasteiger partial charge in [0.15, 0.2) is 0 Å². The predicted molar refractivity (Wildman–Crippen MR) is 82.1 cm³/mol. The van der Waals surface area contributed by atoms with E-state index in [0.717, 1.165) is 5.56 Å². The molecule has 3 rings (SSSR count). The van der Waals surface area contributed by atoms with Gasteiger partial charge >= 0.3 is 5.97 Å². The van der Waals surface area contributed by atoms with E-state index in [1.807, 2.05) is 6.92 Å². The first-order valence-electron chi connectivity index (χ1n) is 6.78. The van der Waals surface area contributed by atoms with Crippen molar-refractivity contribution < 1.29 is 27.2 Å². The summed E-state index contributed by atoms with van der Waals surface area (Å²) in [6.45, 7) is 1.93. The summed E-state index contributed by atoms with van der Waals surface area (Å²) in [6.07, 6.45) is 0. The topological polar surface area (TPSA) is 89.9 Å². The largest absolute Gasteiger partial charge is 0.496 e. The average Bonchev–Trinajstić information content (AvgIpc) is 2.85. The third-order valence-electron chi connectivity index (χ3n) is 3.71. The van der Waals surface area contributed by atoms with E-state index < -0.39 is 16.1 Å². The van der Waals surface area contributed by atoms with Crippen LogP contribution in [0.5, 0.6) is 5.75 Å². The lowest BCUT2D eigenvalue weighted by Gasteiger charge is -2.13. The third kappa shape index (κ3) is 2.69. The number of carbonyl (C=O) groups is 1. The normalized spacial score (nSPS) is 13.6. The molecule has 1 heterocycles. The Morgan fingerprint density at radius 3 is 2.52 bits per heavy atom. The molecule has 0 amide bonds. The Bertz CT molecular complexity index is 914. The molecule has 6 nitrogen and oxygen atoms in total. The fraction of sp³-hybridized carbons (Fsp3) is 0.188. The van der Waals surface area contributed by atoms with Crippen molar-refractivity contribution >= 4 is 16.1 Å². The minimum absolute atomic E-state index is 0.123. The van der Waals surface area contributed by atoms with Crippen molar-refractivity contribution in [1.29, 1.82) is 0 Å². The molecule has 1 aliphatic rings. The van der Waals surface area contributed by atoms with Crippen molar-refractivity contribution in [3.8, 4) is 16.9 Å². The van der Waals surface area contributed by atoms with Crippen molar-refractivity contribution in [3.05, 3.63) is 47.0 Å². The number of aryl methyl sites for hydroxylation is 1. The zero-order valence-corrected chi connectivity index (χ0v) is 13.3. The monoisotopic (exact) mass is 334 g/mol. The lowest BCUT2D eigenvalue weighted by atomic mass is 9.98. The van der Waals surface area contributed by atoms with Crippen LogP contribution in [0.2, 0.25) is 0 Å². The van der Waals surface area contributed by atoms with Gasteiger partial charge in [-0.1, -0.05) is 11.6 Å². The summed E-state index contributed by atoms with van der Waals surface area (Å²) in [5, 5.41) is 0. The second-order valence-corrected chi connectivity index (χ2v) is 6.65. The predicted octanol–water partition coefficient (Wildman–Crippen LogP) is 2.59. The van der Waals surface area contributed by atoms with Crippen LogP contribution in [0.15, 0.2) is 35.2 Å². The van der Waals surface area contributed by atoms with Gasteiger partial charge < -0.3 is 9.47 Å². The van der Waals surface area contributed by atoms with Crippen molar-refractivity contribution in [2.75, 3.05) is 7.11 Å². The molecule has 0 atom stereocenters. The van der Waals surface area contributed by atoms with Gasteiger partial charge in [-0.05, 0) is 31.2 Å². The number of benzene rings is 2. The Morgan fingerprint density at radius 2 is 1.87 bits per heavy atom. The van der Waals surface area contributed by atoms with E-state index in [4.69, 9.17) is 9.47 Å². The van der Waals surface area contributed by atoms with Gasteiger partial charge in [-0.3, -0.25) is 4.55 Å². The van der Waals surface area contributed by atoms with E-state index in [1.165, 1.54) is 19.2 Å². The minimum atomic E-state index is -4.40. The number of methoxy groups -OCH3 is 1. The maximum atomic E-state index is 11.7. The van der Waals surface area contributed by atoms with Crippen LogP contribution in [0.1, 0.15) is 21.5 Å². The van der Waals surface area contributed by atoms with Gasteiger partial charge in [0.05, 0.1) is 12.7 Å². The van der Waals surface area contributed by atoms with Crippen LogP contribution in [0.4, 0.5) is 0 Å². The summed E-state index contributed by atoms with van der Waals surface area (Å²) < 4.78 is 43.1. The van der Waals surface area contributed by atoms with Crippen LogP contribution < -0.4 is 4.74 Å². The summed E-state index contributed by atoms with van der Waals surface area (Å²) in [5.41, 5.74) is 2.65. The van der Waals surface area contributed by atoms with Crippen molar-refractivity contribution in [2.24, 2.45) is 0 Å². The number of ether oxygens (including phenoxy) is 2. The van der Waals surface area contributed by atoms with Crippen LogP contribution >= 0.6 is 0 Å². The number of cyclic esters (lactones) is 1. The maximum Gasteiger partial charge on any atom is 0.339 e. The molecular weight excluding hydrogens is 320 g/mol. The van der Waals surface area contributed by atoms with Crippen LogP contribution in [0.25, 0.3) is 11.1 Å². The molecule has 2 aromatic rings. The highest BCUT2D eigenvalue weighted by molar-refractivity contribution is 7.86. The van der Waals surface area contributed by atoms with Crippen molar-refractivity contribution in [3.63, 3.8) is 0 Å². The number of carbonyl (C=O) groups excluding carboxylic acids is 1. The van der Waals surface area contributed by atoms with E-state index in [0.29, 0.717) is 28.0 Å². The van der Waals surface area contributed by atoms with Crippen LogP contribution in [-0.2, 0) is 21.5 Å². The molecule has 0 aromatic heterocycles. The molecule has 0 unspecified atom stereocenters. The molecule has 0 spiro atoms. The highest BCUT2D eigenvalue weighted by atomic mass is 32.2. The van der Waals surface area contributed by atoms with Crippen LogP contribution in [0, 0.1) is 6.92 Å². The lowest BCUT2D eigenvalue weighted by Crippen LogP contribution is -2.03. The smallest absolute Gasteiger partial charge is 0.339 e. The number of hydrogen-bond acceptors (Lipinski definition) is 5. The molecule has 7 heteroatoms. The third-order valence-corrected chi connectivity index (χ3v) is 4.62. The van der Waals surface area contributed by atoms with Gasteiger partial charge in [0.1, 0.15) is 17.3 Å². The molecule has 2 aromatic carbocycles. The van der Waals surface area contributed by atoms with Gasteiger partial charge in [0.25, 0.3) is 10.1 Å². The Kier molecular flexibility index (Phi) is 3.62. The van der Waals surface area contributed by atoms with Gasteiger partial charge in [0, 0.05) is 16.7 Å². The number of hydrogen-bond donors (Lipinski definition) is 1. The van der Waals surface area contributed by atoms with Gasteiger partial charge in [-0.15, -0.1) is 0 Å². The van der Waals surface area contributed by atoms with Crippen LogP contribution in [0.3, 0.4) is 0 Å². The second kappa shape index (κ2) is 5.36. The number of esters is 1. The van der Waals surface area contributed by atoms with E-state index >= 15 is 0 Å². The Labute approximate surface area is 133 Å². The SMILES string of the molecule is COc1cc2c(cc1-c1cc(C)ccc1S(=O)(=O)O)COC2=O. The second-order valence-electron chi connectivity index (χ2n) is 5.26. The molecule has 1 N–H and O–H groups in total. The first-order chi connectivity index (χ1) is 10.8. The van der Waals surface area contributed by atoms with Crippen molar-refractivity contribution in [1.82, 2.24) is 0 Å². The van der Waals surface area contributed by atoms with Gasteiger partial charge in [-0.2, -0.15) is 8.42 Å². The quantitative estimate of drug-likeness (QED) is 0.685. The summed E-state index contributed by atoms with van der Waals surface area (Å²) in [6, 6.07) is 7.76. The Balaban J connectivity index is 2.32. The van der Waals surface area contributed by atoms with E-state index in [-0.39, 0.29) is 11.5 Å². The molecule has 0 saturated carbocycles. The van der Waals surface area contributed by atoms with Crippen LogP contribution in [-0.4, -0.2) is 26.0 Å². The molecule has 0 radical (unpaired) electrons. The summed E-state index contributed by atoms with van der Waals surface area (Å²) >= 11 is 0. The lowest BCUT2D eigenvalue weighted by molar-refractivity contribution is 0.0535. The Hall–Kier alpha value is -2.38. The zero-order chi connectivity index (χ0) is 16.8. The van der Waals surface area contributed by atoms with Crippen molar-refractivity contribution in [2.45, 2.75) is 18.4 Å². The minimum Gasteiger partial charge on any atom is -0.496 e. The standard InChI is InChI=1S/C16H14O6S/c1-9-3-4-15(23(18,19)20)13(5-9)12-6-10-8-22-16(17)11(10)7-14(12)21-2/h3-7H,8H2,1-2H3,(H,18,19,20). The summed E-state index contributed by atoms with van der Waals surface area (Å²) in [4.78, 5) is 11.4. The van der Waals surface area contributed by atoms with E-state index in [1.54, 1.807) is 18.2 Å². The maximum absolute atomic E-state index is 11.7. The fourth-order valence-electron chi connectivity index (χ4n) is 2.61. The molecule has 0 fully saturated rings. The molecule has 0 aliphatic carbocycles. The fourth-order valence-corrected chi connectivity index (χ4v) is 3.30. The van der Waals surface area contributed by atoms with Gasteiger partial charge in [-0.25, -0.2) is 4.79 Å². The van der Waals surface area contributed by atoms with E-state index in [2.05, 4.69) is 0 Å². The first-order valence-corrected chi connectivity index (χ1v) is 8.22. The van der Waals surface area contributed by atoms with Gasteiger partial charge in [0.2, 0.25) is 0 Å². The van der Waals surface area contributed by atoms with E-state index in [9.17, 15) is 17.8 Å². The summed E-state index contributed by atoms with van der Waals surface area (Å²) in [7, 11) is -2.98. The number of rotatable bonds is 3. The molecule has 0 bridgehead atoms. The summed E-state index contributed by atoms with van der Waals surface area (Å²) in [5.74, 6) is -0.109. The highest BCUT2D eigenvalue weighted by Crippen LogP contribution is 2.38. The Morgan fingerprint density at radius 1 is 1.13 bits per heavy atom. The highest BCUT2D eigenvalue weighted by Gasteiger charge is 2.26. The average molecular weight is 334 g/mol. The number of fused-ring (bicyclic) bond motifs is 1. The first kappa shape index (κ1) is 15.5. The molecule has 23 heavy (non-hydrogen) atoms. The molecular formula is C16H14O6S. The molecule has 1 aliphatic heterocycles. The molecule has 0 saturated heterocycles. The zero-order valence-electron chi connectivity index (χ0n) is 12.5.